The van der Waals surface area contributed by atoms with E-state index in [1.54, 1.807) is 6.92 Å². The summed E-state index contributed by atoms with van der Waals surface area (Å²) in [5.41, 5.74) is 3.86. The van der Waals surface area contributed by atoms with Gasteiger partial charge in [0.1, 0.15) is 0 Å². The van der Waals surface area contributed by atoms with E-state index in [0.717, 1.165) is 5.69 Å². The number of ether oxygens (including phenoxy) is 1. The summed E-state index contributed by atoms with van der Waals surface area (Å²) < 4.78 is 4.87. The largest absolute Gasteiger partial charge is 0.463 e. The Kier molecular flexibility index (Phi) is 4.76. The monoisotopic (exact) mass is 233 g/mol. The zero-order chi connectivity index (χ0) is 12.8. The molecule has 3 heteroatoms. The first-order valence-electron chi connectivity index (χ1n) is 5.71. The molecule has 0 unspecified atom stereocenters. The summed E-state index contributed by atoms with van der Waals surface area (Å²) in [5.74, 6) is -0.342. The van der Waals surface area contributed by atoms with Crippen molar-refractivity contribution in [2.75, 3.05) is 18.5 Å². The molecule has 0 aromatic heterocycles. The Hall–Kier alpha value is -1.77. The Morgan fingerprint density at radius 2 is 2.12 bits per heavy atom. The molecule has 1 rings (SSSR count). The Morgan fingerprint density at radius 3 is 2.76 bits per heavy atom. The number of carbonyl (C=O) groups excluding carboxylic acids is 1. The Bertz CT molecular complexity index is 424. The molecule has 3 nitrogen and oxygen atoms in total. The topological polar surface area (TPSA) is 38.3 Å². The average molecular weight is 233 g/mol. The number of aryl methyl sites for hydroxylation is 1. The molecule has 0 saturated heterocycles. The molecule has 0 atom stereocenters. The highest BCUT2D eigenvalue weighted by molar-refractivity contribution is 5.88. The van der Waals surface area contributed by atoms with Gasteiger partial charge in [0.25, 0.3) is 0 Å². The summed E-state index contributed by atoms with van der Waals surface area (Å²) in [6.07, 6.45) is 0. The number of hydrogen-bond donors (Lipinski definition) is 1. The molecule has 0 spiro atoms. The molecule has 0 aliphatic carbocycles. The number of nitrogens with one attached hydrogen (secondary N) is 1. The highest BCUT2D eigenvalue weighted by atomic mass is 16.5. The molecule has 92 valence electrons. The third kappa shape index (κ3) is 3.63. The van der Waals surface area contributed by atoms with Crippen molar-refractivity contribution in [3.05, 3.63) is 41.5 Å². The van der Waals surface area contributed by atoms with Crippen molar-refractivity contribution in [1.29, 1.82) is 0 Å². The van der Waals surface area contributed by atoms with Gasteiger partial charge in [0.05, 0.1) is 6.61 Å². The van der Waals surface area contributed by atoms with Crippen molar-refractivity contribution in [1.82, 2.24) is 0 Å². The molecule has 1 aromatic rings. The van der Waals surface area contributed by atoms with Crippen LogP contribution >= 0.6 is 0 Å². The van der Waals surface area contributed by atoms with E-state index in [0.29, 0.717) is 18.7 Å². The molecule has 0 bridgehead atoms. The first kappa shape index (κ1) is 13.3. The smallest absolute Gasteiger partial charge is 0.335 e. The molecule has 0 aliphatic heterocycles. The maximum absolute atomic E-state index is 11.4. The van der Waals surface area contributed by atoms with Crippen molar-refractivity contribution < 1.29 is 9.53 Å². The quantitative estimate of drug-likeness (QED) is 0.627. The summed E-state index contributed by atoms with van der Waals surface area (Å²) in [4.78, 5) is 11.4. The second-order valence-corrected chi connectivity index (χ2v) is 3.93. The molecule has 1 aromatic carbocycles. The normalized spacial score (nSPS) is 9.82. The van der Waals surface area contributed by atoms with Crippen LogP contribution in [0.25, 0.3) is 0 Å². The van der Waals surface area contributed by atoms with Crippen LogP contribution in [0, 0.1) is 13.8 Å². The van der Waals surface area contributed by atoms with Gasteiger partial charge in [-0.3, -0.25) is 0 Å². The van der Waals surface area contributed by atoms with Crippen LogP contribution in [0.15, 0.2) is 30.4 Å². The van der Waals surface area contributed by atoms with Gasteiger partial charge in [-0.05, 0) is 38.0 Å². The van der Waals surface area contributed by atoms with Gasteiger partial charge < -0.3 is 10.1 Å². The minimum atomic E-state index is -0.342. The van der Waals surface area contributed by atoms with Gasteiger partial charge >= 0.3 is 5.97 Å². The Balaban J connectivity index is 2.59. The van der Waals surface area contributed by atoms with Gasteiger partial charge in [-0.1, -0.05) is 18.7 Å². The van der Waals surface area contributed by atoms with Gasteiger partial charge in [0, 0.05) is 17.8 Å². The van der Waals surface area contributed by atoms with E-state index in [-0.39, 0.29) is 5.97 Å². The zero-order valence-corrected chi connectivity index (χ0v) is 10.7. The molecule has 0 radical (unpaired) electrons. The van der Waals surface area contributed by atoms with Crippen LogP contribution in [-0.2, 0) is 9.53 Å². The van der Waals surface area contributed by atoms with Gasteiger partial charge in [-0.15, -0.1) is 0 Å². The summed E-state index contributed by atoms with van der Waals surface area (Å²) >= 11 is 0. The Labute approximate surface area is 102 Å². The zero-order valence-electron chi connectivity index (χ0n) is 10.7. The molecule has 0 saturated carbocycles. The lowest BCUT2D eigenvalue weighted by atomic mass is 10.1. The fourth-order valence-electron chi connectivity index (χ4n) is 1.45. The maximum Gasteiger partial charge on any atom is 0.335 e. The van der Waals surface area contributed by atoms with E-state index in [9.17, 15) is 4.79 Å². The lowest BCUT2D eigenvalue weighted by Gasteiger charge is -2.12. The van der Waals surface area contributed by atoms with Crippen molar-refractivity contribution in [3.63, 3.8) is 0 Å². The fourth-order valence-corrected chi connectivity index (χ4v) is 1.45. The van der Waals surface area contributed by atoms with Crippen LogP contribution in [0.2, 0.25) is 0 Å². The summed E-state index contributed by atoms with van der Waals surface area (Å²) in [6, 6.07) is 6.03. The minimum absolute atomic E-state index is 0.342. The molecular weight excluding hydrogens is 214 g/mol. The van der Waals surface area contributed by atoms with Gasteiger partial charge in [0.15, 0.2) is 0 Å². The number of rotatable bonds is 5. The Morgan fingerprint density at radius 1 is 1.41 bits per heavy atom. The van der Waals surface area contributed by atoms with Crippen LogP contribution in [0.3, 0.4) is 0 Å². The summed E-state index contributed by atoms with van der Waals surface area (Å²) in [5, 5.41) is 3.19. The molecule has 0 aliphatic rings. The third-order valence-corrected chi connectivity index (χ3v) is 2.66. The van der Waals surface area contributed by atoms with E-state index in [2.05, 4.69) is 24.9 Å². The van der Waals surface area contributed by atoms with E-state index in [1.165, 1.54) is 11.1 Å². The number of esters is 1. The SMILES string of the molecule is C=C(CNc1cccc(C)c1C)C(=O)OCC. The van der Waals surface area contributed by atoms with Crippen LogP contribution in [0.4, 0.5) is 5.69 Å². The summed E-state index contributed by atoms with van der Waals surface area (Å²) in [6.45, 7) is 10.4. The molecule has 0 amide bonds. The second kappa shape index (κ2) is 6.09. The van der Waals surface area contributed by atoms with Crippen LogP contribution in [0.5, 0.6) is 0 Å². The predicted molar refractivity (Wildman–Crippen MR) is 70.2 cm³/mol. The molecule has 1 N–H and O–H groups in total. The minimum Gasteiger partial charge on any atom is -0.463 e. The highest BCUT2D eigenvalue weighted by Gasteiger charge is 2.08. The van der Waals surface area contributed by atoms with Crippen molar-refractivity contribution >= 4 is 11.7 Å². The summed E-state index contributed by atoms with van der Waals surface area (Å²) in [7, 11) is 0. The van der Waals surface area contributed by atoms with Gasteiger partial charge in [-0.25, -0.2) is 4.79 Å². The number of carbonyl (C=O) groups is 1. The lowest BCUT2D eigenvalue weighted by Crippen LogP contribution is -2.15. The molecule has 0 fully saturated rings. The van der Waals surface area contributed by atoms with Gasteiger partial charge in [0.2, 0.25) is 0 Å². The van der Waals surface area contributed by atoms with E-state index < -0.39 is 0 Å². The van der Waals surface area contributed by atoms with E-state index >= 15 is 0 Å². The highest BCUT2D eigenvalue weighted by Crippen LogP contribution is 2.18. The lowest BCUT2D eigenvalue weighted by molar-refractivity contribution is -0.138. The van der Waals surface area contributed by atoms with E-state index in [4.69, 9.17) is 4.74 Å². The fraction of sp³-hybridized carbons (Fsp3) is 0.357. The molecule has 0 heterocycles. The second-order valence-electron chi connectivity index (χ2n) is 3.93. The average Bonchev–Trinajstić information content (AvgIpc) is 2.31. The van der Waals surface area contributed by atoms with Crippen LogP contribution in [-0.4, -0.2) is 19.1 Å². The number of hydrogen-bond acceptors (Lipinski definition) is 3. The predicted octanol–water partition coefficient (Wildman–Crippen LogP) is 2.83. The molecular formula is C14H19NO2. The van der Waals surface area contributed by atoms with Crippen molar-refractivity contribution in [3.8, 4) is 0 Å². The van der Waals surface area contributed by atoms with Crippen LogP contribution in [0.1, 0.15) is 18.1 Å². The maximum atomic E-state index is 11.4. The van der Waals surface area contributed by atoms with Crippen molar-refractivity contribution in [2.24, 2.45) is 0 Å². The number of anilines is 1. The van der Waals surface area contributed by atoms with Crippen LogP contribution < -0.4 is 5.32 Å². The van der Waals surface area contributed by atoms with Crippen molar-refractivity contribution in [2.45, 2.75) is 20.8 Å². The first-order chi connectivity index (χ1) is 8.06. The third-order valence-electron chi connectivity index (χ3n) is 2.66. The standard InChI is InChI=1S/C14H19NO2/c1-5-17-14(16)11(3)9-15-13-8-6-7-10(2)12(13)4/h6-8,15H,3,5,9H2,1-2,4H3. The first-order valence-corrected chi connectivity index (χ1v) is 5.71. The number of benzene rings is 1. The van der Waals surface area contributed by atoms with Gasteiger partial charge in [-0.2, -0.15) is 0 Å². The molecule has 17 heavy (non-hydrogen) atoms. The van der Waals surface area contributed by atoms with E-state index in [1.807, 2.05) is 19.1 Å².